The van der Waals surface area contributed by atoms with Crippen molar-refractivity contribution >= 4 is 5.91 Å². The lowest BCUT2D eigenvalue weighted by molar-refractivity contribution is 0.0952. The molecule has 0 bridgehead atoms. The topological polar surface area (TPSA) is 59.8 Å². The van der Waals surface area contributed by atoms with Gasteiger partial charge in [-0.2, -0.15) is 5.10 Å². The molecule has 1 atom stereocenters. The van der Waals surface area contributed by atoms with Crippen molar-refractivity contribution in [1.82, 2.24) is 20.1 Å². The van der Waals surface area contributed by atoms with Crippen LogP contribution in [0, 0.1) is 0 Å². The van der Waals surface area contributed by atoms with Gasteiger partial charge in [0.25, 0.3) is 5.91 Å². The Morgan fingerprint density at radius 2 is 1.88 bits per heavy atom. The average molecular weight is 334 g/mol. The van der Waals surface area contributed by atoms with Crippen LogP contribution in [-0.4, -0.2) is 27.2 Å². The maximum absolute atomic E-state index is 12.3. The highest BCUT2D eigenvalue weighted by atomic mass is 16.1. The van der Waals surface area contributed by atoms with E-state index in [0.29, 0.717) is 24.6 Å². The van der Waals surface area contributed by atoms with Crippen LogP contribution in [0.25, 0.3) is 0 Å². The fraction of sp³-hybridized carbons (Fsp3) is 0.250. The van der Waals surface area contributed by atoms with E-state index >= 15 is 0 Å². The summed E-state index contributed by atoms with van der Waals surface area (Å²) >= 11 is 0. The Bertz CT molecular complexity index is 782. The standard InChI is InChI=1S/C20H22N4O/c1-16(18-5-3-2-4-6-18)11-12-22-20(25)19-9-7-17(8-10-19)13-24-15-21-14-23-24/h2-10,14-16H,11-13H2,1H3,(H,22,25)/t16-/m1/s1. The third-order valence-corrected chi connectivity index (χ3v) is 4.26. The van der Waals surface area contributed by atoms with Gasteiger partial charge < -0.3 is 5.32 Å². The molecule has 0 aliphatic carbocycles. The molecule has 0 saturated heterocycles. The molecule has 2 aromatic carbocycles. The van der Waals surface area contributed by atoms with Crippen LogP contribution in [0.3, 0.4) is 0 Å². The van der Waals surface area contributed by atoms with Gasteiger partial charge >= 0.3 is 0 Å². The zero-order valence-electron chi connectivity index (χ0n) is 14.3. The van der Waals surface area contributed by atoms with Gasteiger partial charge in [0.05, 0.1) is 6.54 Å². The first-order valence-electron chi connectivity index (χ1n) is 8.47. The van der Waals surface area contributed by atoms with Gasteiger partial charge in [0.2, 0.25) is 0 Å². The quantitative estimate of drug-likeness (QED) is 0.721. The van der Waals surface area contributed by atoms with Crippen molar-refractivity contribution in [3.8, 4) is 0 Å². The molecule has 128 valence electrons. The molecule has 0 unspecified atom stereocenters. The molecule has 1 aromatic heterocycles. The highest BCUT2D eigenvalue weighted by Gasteiger charge is 2.08. The minimum absolute atomic E-state index is 0.0347. The lowest BCUT2D eigenvalue weighted by atomic mass is 9.98. The van der Waals surface area contributed by atoms with Gasteiger partial charge in [-0.1, -0.05) is 49.4 Å². The fourth-order valence-corrected chi connectivity index (χ4v) is 2.72. The second-order valence-corrected chi connectivity index (χ2v) is 6.15. The van der Waals surface area contributed by atoms with Crippen LogP contribution in [-0.2, 0) is 6.54 Å². The number of rotatable bonds is 7. The molecular formula is C20H22N4O. The molecule has 0 spiro atoms. The van der Waals surface area contributed by atoms with Gasteiger partial charge in [0.15, 0.2) is 0 Å². The Hall–Kier alpha value is -2.95. The largest absolute Gasteiger partial charge is 0.352 e. The molecule has 5 nitrogen and oxygen atoms in total. The highest BCUT2D eigenvalue weighted by Crippen LogP contribution is 2.17. The minimum Gasteiger partial charge on any atom is -0.352 e. The van der Waals surface area contributed by atoms with Crippen LogP contribution < -0.4 is 5.32 Å². The molecule has 0 aliphatic heterocycles. The van der Waals surface area contributed by atoms with Crippen molar-refractivity contribution in [2.45, 2.75) is 25.8 Å². The number of aromatic nitrogens is 3. The van der Waals surface area contributed by atoms with Gasteiger partial charge in [-0.05, 0) is 35.6 Å². The normalized spacial score (nSPS) is 11.9. The zero-order valence-corrected chi connectivity index (χ0v) is 14.3. The van der Waals surface area contributed by atoms with Gasteiger partial charge in [0.1, 0.15) is 12.7 Å². The summed E-state index contributed by atoms with van der Waals surface area (Å²) in [6.45, 7) is 3.49. The fourth-order valence-electron chi connectivity index (χ4n) is 2.72. The molecule has 1 N–H and O–H groups in total. The monoisotopic (exact) mass is 334 g/mol. The van der Waals surface area contributed by atoms with Crippen molar-refractivity contribution in [3.05, 3.63) is 83.9 Å². The SMILES string of the molecule is C[C@H](CCNC(=O)c1ccc(Cn2cncn2)cc1)c1ccccc1. The van der Waals surface area contributed by atoms with E-state index in [1.165, 1.54) is 11.9 Å². The molecule has 0 radical (unpaired) electrons. The first-order chi connectivity index (χ1) is 12.2. The number of hydrogen-bond donors (Lipinski definition) is 1. The lowest BCUT2D eigenvalue weighted by Crippen LogP contribution is -2.25. The van der Waals surface area contributed by atoms with E-state index < -0.39 is 0 Å². The first kappa shape index (κ1) is 16.9. The predicted octanol–water partition coefficient (Wildman–Crippen LogP) is 3.25. The number of nitrogens with zero attached hydrogens (tertiary/aromatic N) is 3. The summed E-state index contributed by atoms with van der Waals surface area (Å²) in [7, 11) is 0. The van der Waals surface area contributed by atoms with Crippen LogP contribution in [0.1, 0.15) is 40.7 Å². The van der Waals surface area contributed by atoms with E-state index in [2.05, 4.69) is 34.5 Å². The number of amides is 1. The summed E-state index contributed by atoms with van der Waals surface area (Å²) in [6, 6.07) is 18.0. The zero-order chi connectivity index (χ0) is 17.5. The van der Waals surface area contributed by atoms with Gasteiger partial charge in [0, 0.05) is 12.1 Å². The van der Waals surface area contributed by atoms with Crippen molar-refractivity contribution in [3.63, 3.8) is 0 Å². The Morgan fingerprint density at radius 3 is 2.56 bits per heavy atom. The predicted molar refractivity (Wildman–Crippen MR) is 97.4 cm³/mol. The molecule has 5 heteroatoms. The summed E-state index contributed by atoms with van der Waals surface area (Å²) in [5.41, 5.74) is 3.06. The minimum atomic E-state index is -0.0347. The van der Waals surface area contributed by atoms with Crippen molar-refractivity contribution in [2.24, 2.45) is 0 Å². The molecule has 3 aromatic rings. The van der Waals surface area contributed by atoms with Crippen LogP contribution >= 0.6 is 0 Å². The Balaban J connectivity index is 1.48. The summed E-state index contributed by atoms with van der Waals surface area (Å²) in [5.74, 6) is 0.388. The third-order valence-electron chi connectivity index (χ3n) is 4.26. The third kappa shape index (κ3) is 4.76. The second kappa shape index (κ2) is 8.24. The van der Waals surface area contributed by atoms with Gasteiger partial charge in [-0.25, -0.2) is 9.67 Å². The van der Waals surface area contributed by atoms with Crippen LogP contribution in [0.5, 0.6) is 0 Å². The second-order valence-electron chi connectivity index (χ2n) is 6.15. The summed E-state index contributed by atoms with van der Waals surface area (Å²) in [6.07, 6.45) is 4.10. The summed E-state index contributed by atoms with van der Waals surface area (Å²) < 4.78 is 1.75. The lowest BCUT2D eigenvalue weighted by Gasteiger charge is -2.12. The van der Waals surface area contributed by atoms with Gasteiger partial charge in [-0.15, -0.1) is 0 Å². The van der Waals surface area contributed by atoms with E-state index in [0.717, 1.165) is 12.0 Å². The Labute approximate surface area is 147 Å². The molecule has 1 heterocycles. The van der Waals surface area contributed by atoms with E-state index in [4.69, 9.17) is 0 Å². The molecule has 3 rings (SSSR count). The number of hydrogen-bond acceptors (Lipinski definition) is 3. The highest BCUT2D eigenvalue weighted by molar-refractivity contribution is 5.94. The molecular weight excluding hydrogens is 312 g/mol. The van der Waals surface area contributed by atoms with Crippen molar-refractivity contribution in [2.75, 3.05) is 6.54 Å². The maximum Gasteiger partial charge on any atom is 0.251 e. The number of carbonyl (C=O) groups excluding carboxylic acids is 1. The molecule has 25 heavy (non-hydrogen) atoms. The van der Waals surface area contributed by atoms with E-state index in [1.54, 1.807) is 11.0 Å². The molecule has 0 saturated carbocycles. The number of carbonyl (C=O) groups is 1. The van der Waals surface area contributed by atoms with Gasteiger partial charge in [-0.3, -0.25) is 4.79 Å². The smallest absolute Gasteiger partial charge is 0.251 e. The van der Waals surface area contributed by atoms with Crippen LogP contribution in [0.2, 0.25) is 0 Å². The van der Waals surface area contributed by atoms with E-state index in [-0.39, 0.29) is 5.91 Å². The maximum atomic E-state index is 12.3. The van der Waals surface area contributed by atoms with Crippen LogP contribution in [0.4, 0.5) is 0 Å². The number of nitrogens with one attached hydrogen (secondary N) is 1. The summed E-state index contributed by atoms with van der Waals surface area (Å²) in [5, 5.41) is 7.08. The van der Waals surface area contributed by atoms with Crippen LogP contribution in [0.15, 0.2) is 67.3 Å². The number of benzene rings is 2. The summed E-state index contributed by atoms with van der Waals surface area (Å²) in [4.78, 5) is 16.2. The Kier molecular flexibility index (Phi) is 5.57. The van der Waals surface area contributed by atoms with Crippen molar-refractivity contribution in [1.29, 1.82) is 0 Å². The Morgan fingerprint density at radius 1 is 1.12 bits per heavy atom. The first-order valence-corrected chi connectivity index (χ1v) is 8.47. The van der Waals surface area contributed by atoms with Crippen molar-refractivity contribution < 1.29 is 4.79 Å². The molecule has 1 amide bonds. The van der Waals surface area contributed by atoms with E-state index in [9.17, 15) is 4.79 Å². The molecule has 0 fully saturated rings. The average Bonchev–Trinajstić information content (AvgIpc) is 3.16. The van der Waals surface area contributed by atoms with E-state index in [1.807, 2.05) is 42.5 Å². The molecule has 0 aliphatic rings.